The highest BCUT2D eigenvalue weighted by Gasteiger charge is 2.12. The van der Waals surface area contributed by atoms with Crippen LogP contribution in [0.5, 0.6) is 0 Å². The van der Waals surface area contributed by atoms with Crippen molar-refractivity contribution < 1.29 is 4.92 Å². The minimum absolute atomic E-state index is 0.0698. The van der Waals surface area contributed by atoms with Gasteiger partial charge in [-0.05, 0) is 13.3 Å². The molecule has 0 amide bonds. The average molecular weight is 225 g/mol. The smallest absolute Gasteiger partial charge is 0.263 e. The van der Waals surface area contributed by atoms with Crippen LogP contribution >= 0.6 is 0 Å². The van der Waals surface area contributed by atoms with Crippen LogP contribution < -0.4 is 0 Å². The summed E-state index contributed by atoms with van der Waals surface area (Å²) in [5.41, 5.74) is 0.0698. The van der Waals surface area contributed by atoms with E-state index in [4.69, 9.17) is 0 Å². The minimum atomic E-state index is -0.409. The second kappa shape index (κ2) is 6.25. The van der Waals surface area contributed by atoms with Crippen LogP contribution in [0.1, 0.15) is 52.0 Å². The van der Waals surface area contributed by atoms with Gasteiger partial charge in [0.05, 0.1) is 4.92 Å². The van der Waals surface area contributed by atoms with Gasteiger partial charge in [0.25, 0.3) is 0 Å². The van der Waals surface area contributed by atoms with Gasteiger partial charge in [-0.15, -0.1) is 0 Å². The van der Waals surface area contributed by atoms with Crippen LogP contribution in [0.2, 0.25) is 0 Å². The maximum atomic E-state index is 10.5. The molecule has 1 rings (SSSR count). The normalized spacial score (nSPS) is 12.6. The fourth-order valence-electron chi connectivity index (χ4n) is 1.66. The molecule has 1 heterocycles. The Morgan fingerprint density at radius 1 is 1.50 bits per heavy atom. The Balaban J connectivity index is 2.40. The summed E-state index contributed by atoms with van der Waals surface area (Å²) in [6, 6.07) is 0.241. The molecule has 1 atom stereocenters. The predicted molar refractivity (Wildman–Crippen MR) is 62.4 cm³/mol. The van der Waals surface area contributed by atoms with E-state index in [9.17, 15) is 10.1 Å². The molecular formula is C11H19N3O2. The molecule has 0 radical (unpaired) electrons. The van der Waals surface area contributed by atoms with E-state index in [1.807, 2.05) is 6.92 Å². The van der Waals surface area contributed by atoms with Crippen LogP contribution in [0.25, 0.3) is 0 Å². The first-order valence-electron chi connectivity index (χ1n) is 5.83. The summed E-state index contributed by atoms with van der Waals surface area (Å²) in [5.74, 6) is 0. The van der Waals surface area contributed by atoms with E-state index in [2.05, 4.69) is 12.0 Å². The SMILES string of the molecule is CCCCCC[C@H](C)n1cc([N+](=O)[O-])cn1. The highest BCUT2D eigenvalue weighted by atomic mass is 16.6. The lowest BCUT2D eigenvalue weighted by Crippen LogP contribution is -2.05. The number of aromatic nitrogens is 2. The lowest BCUT2D eigenvalue weighted by molar-refractivity contribution is -0.385. The molecule has 0 saturated carbocycles. The topological polar surface area (TPSA) is 61.0 Å². The molecule has 0 aliphatic rings. The van der Waals surface area contributed by atoms with Gasteiger partial charge in [-0.1, -0.05) is 32.6 Å². The summed E-state index contributed by atoms with van der Waals surface area (Å²) in [5, 5.41) is 14.5. The summed E-state index contributed by atoms with van der Waals surface area (Å²) in [7, 11) is 0. The van der Waals surface area contributed by atoms with Gasteiger partial charge in [-0.2, -0.15) is 5.10 Å². The zero-order valence-corrected chi connectivity index (χ0v) is 9.93. The predicted octanol–water partition coefficient (Wildman–Crippen LogP) is 3.32. The molecule has 0 spiro atoms. The van der Waals surface area contributed by atoms with Crippen LogP contribution in [0.15, 0.2) is 12.4 Å². The van der Waals surface area contributed by atoms with Crippen LogP contribution in [0.3, 0.4) is 0 Å². The van der Waals surface area contributed by atoms with Gasteiger partial charge in [0, 0.05) is 6.04 Å². The first-order chi connectivity index (χ1) is 7.65. The Hall–Kier alpha value is -1.39. The van der Waals surface area contributed by atoms with Gasteiger partial charge in [0.15, 0.2) is 0 Å². The summed E-state index contributed by atoms with van der Waals surface area (Å²) in [6.45, 7) is 4.23. The highest BCUT2D eigenvalue weighted by molar-refractivity contribution is 5.20. The van der Waals surface area contributed by atoms with Crippen molar-refractivity contribution in [3.8, 4) is 0 Å². The van der Waals surface area contributed by atoms with Crippen LogP contribution in [0, 0.1) is 10.1 Å². The van der Waals surface area contributed by atoms with Crippen molar-refractivity contribution in [2.75, 3.05) is 0 Å². The van der Waals surface area contributed by atoms with Crippen molar-refractivity contribution >= 4 is 5.69 Å². The minimum Gasteiger partial charge on any atom is -0.263 e. The Morgan fingerprint density at radius 2 is 2.25 bits per heavy atom. The molecule has 90 valence electrons. The second-order valence-corrected chi connectivity index (χ2v) is 4.13. The van der Waals surface area contributed by atoms with Gasteiger partial charge in [-0.25, -0.2) is 0 Å². The largest absolute Gasteiger partial charge is 0.307 e. The van der Waals surface area contributed by atoms with E-state index in [-0.39, 0.29) is 11.7 Å². The molecule has 0 aliphatic carbocycles. The molecule has 0 unspecified atom stereocenters. The summed E-state index contributed by atoms with van der Waals surface area (Å²) >= 11 is 0. The fraction of sp³-hybridized carbons (Fsp3) is 0.727. The lowest BCUT2D eigenvalue weighted by atomic mass is 10.1. The van der Waals surface area contributed by atoms with Gasteiger partial charge in [-0.3, -0.25) is 14.8 Å². The molecule has 0 aliphatic heterocycles. The van der Waals surface area contributed by atoms with Crippen molar-refractivity contribution in [3.63, 3.8) is 0 Å². The number of unbranched alkanes of at least 4 members (excludes halogenated alkanes) is 3. The molecule has 0 fully saturated rings. The van der Waals surface area contributed by atoms with E-state index in [1.165, 1.54) is 31.7 Å². The Kier molecular flexibility index (Phi) is 4.95. The Labute approximate surface area is 95.6 Å². The second-order valence-electron chi connectivity index (χ2n) is 4.13. The zero-order valence-electron chi connectivity index (χ0n) is 9.93. The number of hydrogen-bond donors (Lipinski definition) is 0. The maximum Gasteiger partial charge on any atom is 0.307 e. The Morgan fingerprint density at radius 3 is 2.81 bits per heavy atom. The van der Waals surface area contributed by atoms with Crippen LogP contribution in [0.4, 0.5) is 5.69 Å². The standard InChI is InChI=1S/C11H19N3O2/c1-3-4-5-6-7-10(2)13-9-11(8-12-13)14(15)16/h8-10H,3-7H2,1-2H3/t10-/m0/s1. The molecule has 16 heavy (non-hydrogen) atoms. The van der Waals surface area contributed by atoms with Crippen molar-refractivity contribution in [1.29, 1.82) is 0 Å². The number of rotatable bonds is 7. The molecule has 1 aromatic rings. The third-order valence-electron chi connectivity index (χ3n) is 2.73. The fourth-order valence-corrected chi connectivity index (χ4v) is 1.66. The molecule has 0 saturated heterocycles. The van der Waals surface area contributed by atoms with Gasteiger partial charge in [0.2, 0.25) is 0 Å². The van der Waals surface area contributed by atoms with E-state index in [1.54, 1.807) is 4.68 Å². The third-order valence-corrected chi connectivity index (χ3v) is 2.73. The van der Waals surface area contributed by atoms with Crippen LogP contribution in [-0.2, 0) is 0 Å². The molecule has 5 heteroatoms. The van der Waals surface area contributed by atoms with Crippen molar-refractivity contribution in [2.45, 2.75) is 52.0 Å². The lowest BCUT2D eigenvalue weighted by Gasteiger charge is -2.10. The summed E-state index contributed by atoms with van der Waals surface area (Å²) in [4.78, 5) is 10.1. The van der Waals surface area contributed by atoms with Crippen molar-refractivity contribution in [2.24, 2.45) is 0 Å². The van der Waals surface area contributed by atoms with E-state index >= 15 is 0 Å². The van der Waals surface area contributed by atoms with Crippen molar-refractivity contribution in [1.82, 2.24) is 9.78 Å². The number of hydrogen-bond acceptors (Lipinski definition) is 3. The average Bonchev–Trinajstić information content (AvgIpc) is 2.73. The molecule has 0 bridgehead atoms. The monoisotopic (exact) mass is 225 g/mol. The highest BCUT2D eigenvalue weighted by Crippen LogP contribution is 2.18. The first-order valence-corrected chi connectivity index (χ1v) is 5.83. The van der Waals surface area contributed by atoms with E-state index in [0.717, 1.165) is 12.8 Å². The molecule has 0 N–H and O–H groups in total. The third kappa shape index (κ3) is 3.64. The van der Waals surface area contributed by atoms with Gasteiger partial charge in [0.1, 0.15) is 12.4 Å². The Bertz CT molecular complexity index is 336. The molecule has 5 nitrogen and oxygen atoms in total. The number of nitro groups is 1. The molecular weight excluding hydrogens is 206 g/mol. The molecule has 0 aromatic carbocycles. The number of nitrogens with zero attached hydrogens (tertiary/aromatic N) is 3. The van der Waals surface area contributed by atoms with E-state index in [0.29, 0.717) is 0 Å². The summed E-state index contributed by atoms with van der Waals surface area (Å²) < 4.78 is 1.68. The van der Waals surface area contributed by atoms with Gasteiger partial charge < -0.3 is 0 Å². The molecule has 1 aromatic heterocycles. The van der Waals surface area contributed by atoms with Gasteiger partial charge >= 0.3 is 5.69 Å². The van der Waals surface area contributed by atoms with Crippen molar-refractivity contribution in [3.05, 3.63) is 22.5 Å². The first kappa shape index (κ1) is 12.7. The maximum absolute atomic E-state index is 10.5. The summed E-state index contributed by atoms with van der Waals surface area (Å²) in [6.07, 6.45) is 8.70. The van der Waals surface area contributed by atoms with E-state index < -0.39 is 4.92 Å². The quantitative estimate of drug-likeness (QED) is 0.406. The zero-order chi connectivity index (χ0) is 12.0. The van der Waals surface area contributed by atoms with Crippen LogP contribution in [-0.4, -0.2) is 14.7 Å².